The molecule has 0 radical (unpaired) electrons. The van der Waals surface area contributed by atoms with Crippen LogP contribution in [0, 0.1) is 13.8 Å². The zero-order valence-corrected chi connectivity index (χ0v) is 17.1. The van der Waals surface area contributed by atoms with Gasteiger partial charge in [0.15, 0.2) is 0 Å². The van der Waals surface area contributed by atoms with Gasteiger partial charge in [-0.15, -0.1) is 0 Å². The molecule has 0 bridgehead atoms. The SMILES string of the molecule is CCOc1ccccc1NC(=O)[C@H](C)N(c1cc(C)ccc1C)S(C)(=O)=O. The third kappa shape index (κ3) is 5.01. The molecule has 2 rings (SSSR count). The summed E-state index contributed by atoms with van der Waals surface area (Å²) in [6.45, 7) is 7.59. The fraction of sp³-hybridized carbons (Fsp3) is 0.350. The Morgan fingerprint density at radius 3 is 2.48 bits per heavy atom. The molecule has 27 heavy (non-hydrogen) atoms. The van der Waals surface area contributed by atoms with E-state index in [-0.39, 0.29) is 0 Å². The summed E-state index contributed by atoms with van der Waals surface area (Å²) >= 11 is 0. The molecule has 2 aromatic rings. The lowest BCUT2D eigenvalue weighted by atomic mass is 10.1. The topological polar surface area (TPSA) is 75.7 Å². The van der Waals surface area contributed by atoms with E-state index in [9.17, 15) is 13.2 Å². The van der Waals surface area contributed by atoms with Gasteiger partial charge in [-0.2, -0.15) is 0 Å². The molecule has 0 spiro atoms. The molecule has 0 saturated carbocycles. The van der Waals surface area contributed by atoms with Gasteiger partial charge in [0.25, 0.3) is 0 Å². The first-order chi connectivity index (χ1) is 12.6. The average Bonchev–Trinajstić information content (AvgIpc) is 2.58. The molecule has 0 aliphatic carbocycles. The summed E-state index contributed by atoms with van der Waals surface area (Å²) in [5.41, 5.74) is 2.70. The Morgan fingerprint density at radius 2 is 1.85 bits per heavy atom. The number of ether oxygens (including phenoxy) is 1. The zero-order valence-electron chi connectivity index (χ0n) is 16.3. The number of hydrogen-bond donors (Lipinski definition) is 1. The van der Waals surface area contributed by atoms with Crippen LogP contribution in [0.25, 0.3) is 0 Å². The van der Waals surface area contributed by atoms with Crippen molar-refractivity contribution in [1.82, 2.24) is 0 Å². The van der Waals surface area contributed by atoms with Gasteiger partial charge in [-0.25, -0.2) is 8.42 Å². The fourth-order valence-corrected chi connectivity index (χ4v) is 4.05. The average molecular weight is 391 g/mol. The van der Waals surface area contributed by atoms with Crippen LogP contribution in [0.3, 0.4) is 0 Å². The summed E-state index contributed by atoms with van der Waals surface area (Å²) in [7, 11) is -3.67. The van der Waals surface area contributed by atoms with E-state index in [1.54, 1.807) is 31.2 Å². The van der Waals surface area contributed by atoms with Crippen molar-refractivity contribution in [3.05, 3.63) is 53.6 Å². The summed E-state index contributed by atoms with van der Waals surface area (Å²) in [6, 6.07) is 11.6. The highest BCUT2D eigenvalue weighted by Crippen LogP contribution is 2.28. The number of anilines is 2. The van der Waals surface area contributed by atoms with Crippen LogP contribution in [0.1, 0.15) is 25.0 Å². The maximum absolute atomic E-state index is 12.9. The molecule has 1 amide bonds. The van der Waals surface area contributed by atoms with Gasteiger partial charge in [0, 0.05) is 0 Å². The minimum atomic E-state index is -3.67. The molecule has 0 fully saturated rings. The van der Waals surface area contributed by atoms with Crippen molar-refractivity contribution in [3.63, 3.8) is 0 Å². The van der Waals surface area contributed by atoms with Crippen LogP contribution in [0.5, 0.6) is 5.75 Å². The van der Waals surface area contributed by atoms with Crippen LogP contribution in [0.4, 0.5) is 11.4 Å². The number of hydrogen-bond acceptors (Lipinski definition) is 4. The number of carbonyl (C=O) groups excluding carboxylic acids is 1. The maximum atomic E-state index is 12.9. The first-order valence-electron chi connectivity index (χ1n) is 8.74. The normalized spacial score (nSPS) is 12.3. The minimum Gasteiger partial charge on any atom is -0.492 e. The van der Waals surface area contributed by atoms with E-state index in [4.69, 9.17) is 4.74 Å². The van der Waals surface area contributed by atoms with Crippen molar-refractivity contribution < 1.29 is 17.9 Å². The Bertz CT molecular complexity index is 925. The van der Waals surface area contributed by atoms with E-state index >= 15 is 0 Å². The molecule has 1 N–H and O–H groups in total. The summed E-state index contributed by atoms with van der Waals surface area (Å²) in [4.78, 5) is 12.9. The van der Waals surface area contributed by atoms with E-state index in [1.165, 1.54) is 0 Å². The van der Waals surface area contributed by atoms with Crippen LogP contribution in [-0.4, -0.2) is 33.2 Å². The first-order valence-corrected chi connectivity index (χ1v) is 10.6. The van der Waals surface area contributed by atoms with E-state index in [0.29, 0.717) is 23.7 Å². The number of sulfonamides is 1. The van der Waals surface area contributed by atoms with Crippen molar-refractivity contribution in [1.29, 1.82) is 0 Å². The molecule has 0 heterocycles. The summed E-state index contributed by atoms with van der Waals surface area (Å²) < 4.78 is 31.6. The number of para-hydroxylation sites is 2. The van der Waals surface area contributed by atoms with Gasteiger partial charge < -0.3 is 10.1 Å². The second-order valence-corrected chi connectivity index (χ2v) is 8.30. The van der Waals surface area contributed by atoms with Gasteiger partial charge in [-0.05, 0) is 57.0 Å². The zero-order chi connectivity index (χ0) is 20.2. The van der Waals surface area contributed by atoms with E-state index in [0.717, 1.165) is 21.7 Å². The van der Waals surface area contributed by atoms with Crippen LogP contribution in [0.2, 0.25) is 0 Å². The second-order valence-electron chi connectivity index (χ2n) is 6.44. The number of nitrogens with zero attached hydrogens (tertiary/aromatic N) is 1. The van der Waals surface area contributed by atoms with Crippen molar-refractivity contribution in [2.75, 3.05) is 22.5 Å². The van der Waals surface area contributed by atoms with Gasteiger partial charge in [0.1, 0.15) is 11.8 Å². The third-order valence-corrected chi connectivity index (χ3v) is 5.36. The number of nitrogens with one attached hydrogen (secondary N) is 1. The van der Waals surface area contributed by atoms with Crippen molar-refractivity contribution in [2.45, 2.75) is 33.7 Å². The number of rotatable bonds is 7. The Kier molecular flexibility index (Phi) is 6.49. The molecule has 0 unspecified atom stereocenters. The van der Waals surface area contributed by atoms with Crippen LogP contribution in [0.15, 0.2) is 42.5 Å². The van der Waals surface area contributed by atoms with Gasteiger partial charge >= 0.3 is 0 Å². The Hall–Kier alpha value is -2.54. The van der Waals surface area contributed by atoms with Crippen LogP contribution in [-0.2, 0) is 14.8 Å². The maximum Gasteiger partial charge on any atom is 0.248 e. The molecule has 0 aliphatic rings. The van der Waals surface area contributed by atoms with E-state index in [1.807, 2.05) is 39.0 Å². The van der Waals surface area contributed by atoms with Gasteiger partial charge in [-0.3, -0.25) is 9.10 Å². The molecule has 0 aromatic heterocycles. The predicted molar refractivity (Wildman–Crippen MR) is 109 cm³/mol. The molecule has 2 aromatic carbocycles. The van der Waals surface area contributed by atoms with Crippen molar-refractivity contribution in [3.8, 4) is 5.75 Å². The van der Waals surface area contributed by atoms with Crippen molar-refractivity contribution in [2.24, 2.45) is 0 Å². The first kappa shape index (κ1) is 20.8. The number of amides is 1. The lowest BCUT2D eigenvalue weighted by Gasteiger charge is -2.30. The number of benzene rings is 2. The summed E-state index contributed by atoms with van der Waals surface area (Å²) in [5, 5.41) is 2.78. The Balaban J connectivity index is 2.38. The smallest absolute Gasteiger partial charge is 0.248 e. The number of carbonyl (C=O) groups is 1. The molecule has 7 heteroatoms. The molecular formula is C20H26N2O4S. The largest absolute Gasteiger partial charge is 0.492 e. The lowest BCUT2D eigenvalue weighted by molar-refractivity contribution is -0.116. The highest BCUT2D eigenvalue weighted by Gasteiger charge is 2.30. The molecular weight excluding hydrogens is 364 g/mol. The fourth-order valence-electron chi connectivity index (χ4n) is 2.83. The molecule has 146 valence electrons. The lowest BCUT2D eigenvalue weighted by Crippen LogP contribution is -2.45. The highest BCUT2D eigenvalue weighted by atomic mass is 32.2. The van der Waals surface area contributed by atoms with Gasteiger partial charge in [0.2, 0.25) is 15.9 Å². The Morgan fingerprint density at radius 1 is 1.19 bits per heavy atom. The number of aryl methyl sites for hydroxylation is 2. The quantitative estimate of drug-likeness (QED) is 0.785. The molecule has 0 saturated heterocycles. The molecule has 0 aliphatic heterocycles. The minimum absolute atomic E-state index is 0.437. The standard InChI is InChI=1S/C20H26N2O4S/c1-6-26-19-10-8-7-9-17(19)21-20(23)16(4)22(27(5,24)25)18-13-14(2)11-12-15(18)3/h7-13,16H,6H2,1-5H3,(H,21,23)/t16-/m0/s1. The molecule has 1 atom stereocenters. The second kappa shape index (κ2) is 8.43. The van der Waals surface area contributed by atoms with Gasteiger partial charge in [-0.1, -0.05) is 24.3 Å². The third-order valence-electron chi connectivity index (χ3n) is 4.14. The summed E-state index contributed by atoms with van der Waals surface area (Å²) in [6.07, 6.45) is 1.10. The predicted octanol–water partition coefficient (Wildman–Crippen LogP) is 3.50. The van der Waals surface area contributed by atoms with Crippen LogP contribution < -0.4 is 14.4 Å². The monoisotopic (exact) mass is 390 g/mol. The Labute approximate surface area is 161 Å². The van der Waals surface area contributed by atoms with E-state index < -0.39 is 22.0 Å². The summed E-state index contributed by atoms with van der Waals surface area (Å²) in [5.74, 6) is 0.103. The molecule has 6 nitrogen and oxygen atoms in total. The van der Waals surface area contributed by atoms with Crippen LogP contribution >= 0.6 is 0 Å². The van der Waals surface area contributed by atoms with Crippen molar-refractivity contribution >= 4 is 27.3 Å². The highest BCUT2D eigenvalue weighted by molar-refractivity contribution is 7.92. The van der Waals surface area contributed by atoms with E-state index in [2.05, 4.69) is 5.32 Å². The van der Waals surface area contributed by atoms with Gasteiger partial charge in [0.05, 0.1) is 24.2 Å².